The molecule has 0 aromatic heterocycles. The number of benzene rings is 4. The van der Waals surface area contributed by atoms with Gasteiger partial charge in [0.1, 0.15) is 23.7 Å². The molecule has 61 heavy (non-hydrogen) atoms. The molecule has 0 N–H and O–H groups in total. The van der Waals surface area contributed by atoms with Crippen LogP contribution < -0.4 is 9.47 Å². The summed E-state index contributed by atoms with van der Waals surface area (Å²) in [5.41, 5.74) is 5.59. The van der Waals surface area contributed by atoms with Crippen LogP contribution in [0.5, 0.6) is 11.5 Å². The van der Waals surface area contributed by atoms with E-state index in [1.165, 1.54) is 0 Å². The molecule has 2 atom stereocenters. The van der Waals surface area contributed by atoms with Crippen molar-refractivity contribution in [2.24, 2.45) is 0 Å². The van der Waals surface area contributed by atoms with Gasteiger partial charge < -0.3 is 37.9 Å². The molecule has 0 amide bonds. The van der Waals surface area contributed by atoms with Crippen molar-refractivity contribution in [3.63, 3.8) is 0 Å². The molecule has 2 unspecified atom stereocenters. The highest BCUT2D eigenvalue weighted by Crippen LogP contribution is 2.62. The van der Waals surface area contributed by atoms with E-state index in [1.54, 1.807) is 0 Å². The third kappa shape index (κ3) is 8.25. The van der Waals surface area contributed by atoms with Gasteiger partial charge in [0.2, 0.25) is 11.6 Å². The first kappa shape index (κ1) is 47.1. The molecular formula is C51H62O10. The van der Waals surface area contributed by atoms with E-state index in [0.29, 0.717) is 35.5 Å². The van der Waals surface area contributed by atoms with E-state index in [1.807, 2.05) is 118 Å². The molecule has 10 heteroatoms. The van der Waals surface area contributed by atoms with Crippen LogP contribution in [-0.4, -0.2) is 63.8 Å². The zero-order valence-corrected chi connectivity index (χ0v) is 37.5. The SMILES string of the molecule is C=CC(=O)Oc1c(C2(c3ccc(C)c(C(OCC)(OCC)C(C)OCC)c3OC(=O)C=C)c3ccccc3-c3ccccc32)ccc(C)c1C(OCC)(OCC)C(C)OCC. The fourth-order valence-electron chi connectivity index (χ4n) is 9.10. The minimum Gasteiger partial charge on any atom is -0.423 e. The highest BCUT2D eigenvalue weighted by atomic mass is 16.7. The van der Waals surface area contributed by atoms with Crippen LogP contribution in [0.3, 0.4) is 0 Å². The number of rotatable bonds is 22. The van der Waals surface area contributed by atoms with Crippen LogP contribution in [0.25, 0.3) is 11.1 Å². The van der Waals surface area contributed by atoms with E-state index in [0.717, 1.165) is 45.5 Å². The van der Waals surface area contributed by atoms with Gasteiger partial charge in [-0.25, -0.2) is 9.59 Å². The minimum atomic E-state index is -1.56. The number of hydrogen-bond donors (Lipinski definition) is 0. The lowest BCUT2D eigenvalue weighted by molar-refractivity contribution is -0.295. The number of aryl methyl sites for hydroxylation is 2. The number of hydrogen-bond acceptors (Lipinski definition) is 10. The Hall–Kier alpha value is -4.94. The van der Waals surface area contributed by atoms with Crippen LogP contribution >= 0.6 is 0 Å². The van der Waals surface area contributed by atoms with E-state index < -0.39 is 41.1 Å². The molecular weight excluding hydrogens is 773 g/mol. The summed E-state index contributed by atoms with van der Waals surface area (Å²) in [5, 5.41) is 0. The first-order chi connectivity index (χ1) is 29.4. The van der Waals surface area contributed by atoms with Gasteiger partial charge in [-0.1, -0.05) is 86.0 Å². The molecule has 4 aromatic carbocycles. The zero-order chi connectivity index (χ0) is 44.5. The molecule has 0 radical (unpaired) electrons. The normalized spacial score (nSPS) is 14.1. The van der Waals surface area contributed by atoms with E-state index in [2.05, 4.69) is 37.4 Å². The number of fused-ring (bicyclic) bond motifs is 3. The van der Waals surface area contributed by atoms with Crippen LogP contribution in [-0.2, 0) is 55.0 Å². The van der Waals surface area contributed by atoms with Gasteiger partial charge in [0.05, 0.1) is 16.5 Å². The lowest BCUT2D eigenvalue weighted by Crippen LogP contribution is -2.47. The number of carbonyl (C=O) groups excluding carboxylic acids is 2. The maximum Gasteiger partial charge on any atom is 0.335 e. The smallest absolute Gasteiger partial charge is 0.335 e. The molecule has 1 aliphatic rings. The molecule has 10 nitrogen and oxygen atoms in total. The third-order valence-corrected chi connectivity index (χ3v) is 11.3. The average Bonchev–Trinajstić information content (AvgIpc) is 3.54. The van der Waals surface area contributed by atoms with Crippen LogP contribution in [0.1, 0.15) is 99.9 Å². The van der Waals surface area contributed by atoms with Crippen molar-refractivity contribution in [2.75, 3.05) is 39.6 Å². The molecule has 326 valence electrons. The topological polar surface area (TPSA) is 108 Å². The Balaban J connectivity index is 2.17. The Morgan fingerprint density at radius 3 is 1.20 bits per heavy atom. The van der Waals surface area contributed by atoms with Gasteiger partial charge in [0.15, 0.2) is 0 Å². The molecule has 0 heterocycles. The standard InChI is InChI=1S/C51H62O10/c1-13-43(52)60-47-41(31-29-33(9)45(47)50(56-17-5,57-18-6)35(11)54-15-3)49(39-27-23-21-25-37(39)38-26-22-24-28-40(38)49)42-32-30-34(10)46(48(42)61-44(53)14-2)51(58-19-7,59-20-8)36(12)55-16-4/h13-14,21-32,35-36H,1-2,15-20H2,3-12H3. The van der Waals surface area contributed by atoms with E-state index in [9.17, 15) is 9.59 Å². The molecule has 0 fully saturated rings. The summed E-state index contributed by atoms with van der Waals surface area (Å²) in [4.78, 5) is 27.7. The average molecular weight is 835 g/mol. The summed E-state index contributed by atoms with van der Waals surface area (Å²) in [6, 6.07) is 24.0. The molecule has 0 spiro atoms. The third-order valence-electron chi connectivity index (χ3n) is 11.3. The molecule has 1 aliphatic carbocycles. The summed E-state index contributed by atoms with van der Waals surface area (Å²) in [6.45, 7) is 28.2. The van der Waals surface area contributed by atoms with E-state index >= 15 is 0 Å². The van der Waals surface area contributed by atoms with Gasteiger partial charge in [-0.3, -0.25) is 0 Å². The summed E-state index contributed by atoms with van der Waals surface area (Å²) in [7, 11) is 0. The van der Waals surface area contributed by atoms with Crippen molar-refractivity contribution >= 4 is 11.9 Å². The minimum absolute atomic E-state index is 0.177. The highest BCUT2D eigenvalue weighted by molar-refractivity contribution is 5.91. The zero-order valence-electron chi connectivity index (χ0n) is 37.5. The monoisotopic (exact) mass is 834 g/mol. The maximum absolute atomic E-state index is 13.9. The predicted octanol–water partition coefficient (Wildman–Crippen LogP) is 10.2. The second-order valence-corrected chi connectivity index (χ2v) is 14.6. The quantitative estimate of drug-likeness (QED) is 0.0289. The maximum atomic E-state index is 13.9. The van der Waals surface area contributed by atoms with Gasteiger partial charge >= 0.3 is 11.9 Å². The highest BCUT2D eigenvalue weighted by Gasteiger charge is 2.55. The lowest BCUT2D eigenvalue weighted by atomic mass is 9.65. The van der Waals surface area contributed by atoms with E-state index in [4.69, 9.17) is 37.9 Å². The number of esters is 2. The summed E-state index contributed by atoms with van der Waals surface area (Å²) in [6.07, 6.45) is 0.894. The molecule has 4 aromatic rings. The Morgan fingerprint density at radius 1 is 0.541 bits per heavy atom. The summed E-state index contributed by atoms with van der Waals surface area (Å²) in [5.74, 6) is -4.16. The van der Waals surface area contributed by atoms with Crippen LogP contribution in [0.15, 0.2) is 98.1 Å². The second-order valence-electron chi connectivity index (χ2n) is 14.6. The lowest BCUT2D eigenvalue weighted by Gasteiger charge is -2.43. The van der Waals surface area contributed by atoms with Crippen molar-refractivity contribution in [1.29, 1.82) is 0 Å². The molecule has 0 saturated heterocycles. The fourth-order valence-corrected chi connectivity index (χ4v) is 9.10. The molecule has 0 bridgehead atoms. The second kappa shape index (κ2) is 20.3. The molecule has 0 aliphatic heterocycles. The van der Waals surface area contributed by atoms with E-state index in [-0.39, 0.29) is 37.9 Å². The van der Waals surface area contributed by atoms with Crippen molar-refractivity contribution in [3.05, 3.63) is 143 Å². The van der Waals surface area contributed by atoms with Crippen molar-refractivity contribution in [1.82, 2.24) is 0 Å². The van der Waals surface area contributed by atoms with Gasteiger partial charge in [-0.05, 0) is 103 Å². The number of carbonyl (C=O) groups is 2. The fraction of sp³-hybridized carbons (Fsp3) is 0.412. The predicted molar refractivity (Wildman–Crippen MR) is 237 cm³/mol. The van der Waals surface area contributed by atoms with Crippen LogP contribution in [0.4, 0.5) is 0 Å². The first-order valence-corrected chi connectivity index (χ1v) is 21.3. The van der Waals surface area contributed by atoms with Gasteiger partial charge in [-0.15, -0.1) is 0 Å². The largest absolute Gasteiger partial charge is 0.423 e. The van der Waals surface area contributed by atoms with Crippen LogP contribution in [0, 0.1) is 13.8 Å². The Bertz CT molecular complexity index is 2040. The summed E-state index contributed by atoms with van der Waals surface area (Å²) < 4.78 is 52.5. The van der Waals surface area contributed by atoms with Crippen molar-refractivity contribution in [3.8, 4) is 22.6 Å². The van der Waals surface area contributed by atoms with Gasteiger partial charge in [-0.2, -0.15) is 0 Å². The van der Waals surface area contributed by atoms with Gasteiger partial charge in [0.25, 0.3) is 0 Å². The first-order valence-electron chi connectivity index (χ1n) is 21.3. The summed E-state index contributed by atoms with van der Waals surface area (Å²) >= 11 is 0. The Labute approximate surface area is 361 Å². The Kier molecular flexibility index (Phi) is 15.7. The number of ether oxygens (including phenoxy) is 8. The Morgan fingerprint density at radius 2 is 0.885 bits per heavy atom. The van der Waals surface area contributed by atoms with Crippen LogP contribution in [0.2, 0.25) is 0 Å². The molecule has 5 rings (SSSR count). The van der Waals surface area contributed by atoms with Crippen molar-refractivity contribution in [2.45, 2.75) is 98.4 Å². The molecule has 0 saturated carbocycles. The van der Waals surface area contributed by atoms with Gasteiger partial charge in [0, 0.05) is 62.9 Å². The van der Waals surface area contributed by atoms with Crippen molar-refractivity contribution < 1.29 is 47.5 Å².